The maximum absolute atomic E-state index is 14.0. The van der Waals surface area contributed by atoms with Gasteiger partial charge in [0.25, 0.3) is 0 Å². The molecule has 0 saturated heterocycles. The van der Waals surface area contributed by atoms with E-state index in [0.29, 0.717) is 16.0 Å². The highest BCUT2D eigenvalue weighted by Crippen LogP contribution is 2.32. The topological polar surface area (TPSA) is 76.8 Å². The number of amides is 1. The van der Waals surface area contributed by atoms with Crippen LogP contribution in [0.1, 0.15) is 12.6 Å². The number of tetrazole rings is 1. The van der Waals surface area contributed by atoms with Gasteiger partial charge in [-0.2, -0.15) is 0 Å². The zero-order valence-corrected chi connectivity index (χ0v) is 14.5. The fourth-order valence-corrected chi connectivity index (χ4v) is 3.72. The van der Waals surface area contributed by atoms with Crippen molar-refractivity contribution < 1.29 is 9.18 Å². The number of anilines is 2. The lowest BCUT2D eigenvalue weighted by molar-refractivity contribution is -0.115. The van der Waals surface area contributed by atoms with Crippen LogP contribution in [0.2, 0.25) is 0 Å². The summed E-state index contributed by atoms with van der Waals surface area (Å²) in [7, 11) is 1.75. The van der Waals surface area contributed by atoms with Crippen LogP contribution in [0.15, 0.2) is 34.8 Å². The Labute approximate surface area is 145 Å². The molecule has 3 rings (SSSR count). The Hall–Kier alpha value is -2.33. The van der Waals surface area contributed by atoms with Gasteiger partial charge in [-0.3, -0.25) is 9.69 Å². The van der Waals surface area contributed by atoms with Gasteiger partial charge in [0, 0.05) is 25.1 Å². The van der Waals surface area contributed by atoms with E-state index in [4.69, 9.17) is 0 Å². The molecule has 24 heavy (non-hydrogen) atoms. The maximum Gasteiger partial charge on any atom is 0.230 e. The first-order valence-electron chi connectivity index (χ1n) is 6.91. The first-order valence-corrected chi connectivity index (χ1v) is 8.77. The van der Waals surface area contributed by atoms with E-state index in [9.17, 15) is 9.18 Å². The number of hydrogen-bond donors (Lipinski definition) is 0. The third-order valence-electron chi connectivity index (χ3n) is 3.07. The summed E-state index contributed by atoms with van der Waals surface area (Å²) >= 11 is 2.72. The van der Waals surface area contributed by atoms with Crippen LogP contribution in [0.25, 0.3) is 0 Å². The molecule has 0 N–H and O–H groups in total. The number of benzene rings is 1. The second-order valence-corrected chi connectivity index (χ2v) is 6.58. The smallest absolute Gasteiger partial charge is 0.230 e. The number of carbonyl (C=O) groups excluding carboxylic acids is 1. The number of aryl methyl sites for hydroxylation is 1. The third kappa shape index (κ3) is 3.44. The lowest BCUT2D eigenvalue weighted by Gasteiger charge is -2.18. The lowest BCUT2D eigenvalue weighted by atomic mass is 10.3. The largest absolute Gasteiger partial charge is 0.274 e. The predicted octanol–water partition coefficient (Wildman–Crippen LogP) is 2.78. The van der Waals surface area contributed by atoms with Gasteiger partial charge in [-0.05, 0) is 22.6 Å². The SMILES string of the molecule is CC(=O)N(c1nc(CSc2nnnn2C)cs1)c1ccccc1F. The maximum atomic E-state index is 14.0. The normalized spacial score (nSPS) is 10.8. The molecule has 1 amide bonds. The van der Waals surface area contributed by atoms with E-state index in [1.165, 1.54) is 41.0 Å². The van der Waals surface area contributed by atoms with Crippen LogP contribution in [-0.2, 0) is 17.6 Å². The molecule has 0 atom stereocenters. The number of thioether (sulfide) groups is 1. The number of aromatic nitrogens is 5. The number of halogens is 1. The summed E-state index contributed by atoms with van der Waals surface area (Å²) in [5.41, 5.74) is 0.960. The van der Waals surface area contributed by atoms with Gasteiger partial charge in [-0.15, -0.1) is 16.4 Å². The molecule has 0 unspecified atom stereocenters. The molecule has 3 aromatic rings. The van der Waals surface area contributed by atoms with Crippen molar-refractivity contribution in [2.45, 2.75) is 17.8 Å². The average Bonchev–Trinajstić information content (AvgIpc) is 3.16. The molecule has 0 bridgehead atoms. The molecule has 0 aliphatic heterocycles. The Morgan fingerprint density at radius 2 is 2.21 bits per heavy atom. The molecule has 0 fully saturated rings. The summed E-state index contributed by atoms with van der Waals surface area (Å²) in [6.45, 7) is 1.38. The molecule has 0 spiro atoms. The van der Waals surface area contributed by atoms with Crippen LogP contribution in [-0.4, -0.2) is 31.1 Å². The molecular weight excluding hydrogens is 351 g/mol. The van der Waals surface area contributed by atoms with E-state index in [1.54, 1.807) is 29.9 Å². The van der Waals surface area contributed by atoms with Crippen LogP contribution in [0.3, 0.4) is 0 Å². The average molecular weight is 364 g/mol. The Balaban J connectivity index is 1.81. The molecule has 2 aromatic heterocycles. The van der Waals surface area contributed by atoms with Crippen LogP contribution in [0.5, 0.6) is 0 Å². The van der Waals surface area contributed by atoms with Crippen molar-refractivity contribution in [2.24, 2.45) is 7.05 Å². The number of para-hydroxylation sites is 1. The monoisotopic (exact) mass is 364 g/mol. The minimum Gasteiger partial charge on any atom is -0.274 e. The third-order valence-corrected chi connectivity index (χ3v) is 4.99. The van der Waals surface area contributed by atoms with Gasteiger partial charge in [0.1, 0.15) is 5.82 Å². The highest BCUT2D eigenvalue weighted by atomic mass is 32.2. The summed E-state index contributed by atoms with van der Waals surface area (Å²) in [6, 6.07) is 6.13. The first kappa shape index (κ1) is 16.5. The number of thiazole rings is 1. The summed E-state index contributed by atoms with van der Waals surface area (Å²) < 4.78 is 15.6. The Morgan fingerprint density at radius 3 is 2.88 bits per heavy atom. The second-order valence-electron chi connectivity index (χ2n) is 4.80. The van der Waals surface area contributed by atoms with Crippen molar-refractivity contribution in [2.75, 3.05) is 4.90 Å². The molecule has 10 heteroatoms. The molecule has 0 aliphatic carbocycles. The Bertz CT molecular complexity index is 864. The van der Waals surface area contributed by atoms with Crippen molar-refractivity contribution >= 4 is 39.8 Å². The summed E-state index contributed by atoms with van der Waals surface area (Å²) in [5.74, 6) is -0.219. The Morgan fingerprint density at radius 1 is 1.42 bits per heavy atom. The molecule has 0 saturated carbocycles. The van der Waals surface area contributed by atoms with Gasteiger partial charge in [0.15, 0.2) is 5.13 Å². The van der Waals surface area contributed by atoms with Gasteiger partial charge in [0.2, 0.25) is 11.1 Å². The van der Waals surface area contributed by atoms with Crippen molar-refractivity contribution in [1.82, 2.24) is 25.2 Å². The van der Waals surface area contributed by atoms with Crippen LogP contribution < -0.4 is 4.90 Å². The van der Waals surface area contributed by atoms with E-state index < -0.39 is 5.82 Å². The van der Waals surface area contributed by atoms with Crippen LogP contribution >= 0.6 is 23.1 Å². The van der Waals surface area contributed by atoms with E-state index >= 15 is 0 Å². The van der Waals surface area contributed by atoms with Crippen molar-refractivity contribution in [3.8, 4) is 0 Å². The molecule has 0 radical (unpaired) electrons. The molecule has 124 valence electrons. The van der Waals surface area contributed by atoms with Gasteiger partial charge >= 0.3 is 0 Å². The fraction of sp³-hybridized carbons (Fsp3) is 0.214. The molecule has 1 aromatic carbocycles. The van der Waals surface area contributed by atoms with Gasteiger partial charge in [-0.25, -0.2) is 14.1 Å². The minimum atomic E-state index is -0.469. The highest BCUT2D eigenvalue weighted by Gasteiger charge is 2.21. The van der Waals surface area contributed by atoms with Gasteiger partial charge < -0.3 is 0 Å². The van der Waals surface area contributed by atoms with Crippen molar-refractivity contribution in [3.05, 3.63) is 41.2 Å². The van der Waals surface area contributed by atoms with E-state index in [0.717, 1.165) is 5.69 Å². The summed E-state index contributed by atoms with van der Waals surface area (Å²) in [6.07, 6.45) is 0. The van der Waals surface area contributed by atoms with Crippen LogP contribution in [0.4, 0.5) is 15.2 Å². The Kier molecular flexibility index (Phi) is 4.86. The summed E-state index contributed by atoms with van der Waals surface area (Å²) in [4.78, 5) is 17.7. The van der Waals surface area contributed by atoms with E-state index in [-0.39, 0.29) is 11.6 Å². The molecular formula is C14H13FN6OS2. The number of rotatable bonds is 5. The first-order chi connectivity index (χ1) is 11.6. The van der Waals surface area contributed by atoms with Gasteiger partial charge in [0.05, 0.1) is 11.4 Å². The molecule has 0 aliphatic rings. The minimum absolute atomic E-state index is 0.191. The fourth-order valence-electron chi connectivity index (χ4n) is 1.99. The summed E-state index contributed by atoms with van der Waals surface area (Å²) in [5, 5.41) is 14.1. The van der Waals surface area contributed by atoms with Gasteiger partial charge in [-0.1, -0.05) is 23.9 Å². The number of carbonyl (C=O) groups is 1. The van der Waals surface area contributed by atoms with E-state index in [1.807, 2.05) is 5.38 Å². The zero-order chi connectivity index (χ0) is 17.1. The molecule has 2 heterocycles. The van der Waals surface area contributed by atoms with Crippen LogP contribution in [0, 0.1) is 5.82 Å². The van der Waals surface area contributed by atoms with Crippen molar-refractivity contribution in [1.29, 1.82) is 0 Å². The number of hydrogen-bond acceptors (Lipinski definition) is 7. The quantitative estimate of drug-likeness (QED) is 0.648. The standard InChI is InChI=1S/C14H13FN6OS2/c1-9(22)21(12-6-4-3-5-11(12)15)13-16-10(7-23-13)8-24-14-17-18-19-20(14)2/h3-7H,8H2,1-2H3. The van der Waals surface area contributed by atoms with E-state index in [2.05, 4.69) is 20.5 Å². The predicted molar refractivity (Wildman–Crippen MR) is 89.7 cm³/mol. The lowest BCUT2D eigenvalue weighted by Crippen LogP contribution is -2.23. The zero-order valence-electron chi connectivity index (χ0n) is 12.9. The van der Waals surface area contributed by atoms with Crippen molar-refractivity contribution in [3.63, 3.8) is 0 Å². The number of nitrogens with zero attached hydrogens (tertiary/aromatic N) is 6. The second kappa shape index (κ2) is 7.05. The molecule has 7 nitrogen and oxygen atoms in total. The highest BCUT2D eigenvalue weighted by molar-refractivity contribution is 7.98.